The third-order valence-electron chi connectivity index (χ3n) is 4.02. The predicted molar refractivity (Wildman–Crippen MR) is 108 cm³/mol. The molecule has 0 bridgehead atoms. The molecule has 1 aliphatic heterocycles. The summed E-state index contributed by atoms with van der Waals surface area (Å²) < 4.78 is 51.7. The number of hydrogen-bond acceptors (Lipinski definition) is 11. The zero-order valence-corrected chi connectivity index (χ0v) is 19.3. The highest BCUT2D eigenvalue weighted by molar-refractivity contribution is 7.66. The smallest absolute Gasteiger partial charge is 0.390 e. The molecule has 0 amide bonds. The molecule has 17 nitrogen and oxygen atoms in total. The van der Waals surface area contributed by atoms with Gasteiger partial charge in [0.2, 0.25) is 0 Å². The maximum atomic E-state index is 12.1. The van der Waals surface area contributed by atoms with Crippen molar-refractivity contribution < 1.29 is 56.3 Å². The van der Waals surface area contributed by atoms with Gasteiger partial charge in [-0.05, 0) is 0 Å². The number of nitrogens with one attached hydrogen (secondary N) is 1. The van der Waals surface area contributed by atoms with E-state index in [0.717, 1.165) is 4.57 Å². The Morgan fingerprint density at radius 3 is 2.45 bits per heavy atom. The van der Waals surface area contributed by atoms with Gasteiger partial charge in [0.15, 0.2) is 0 Å². The number of phosphoric acid groups is 3. The number of aromatic nitrogens is 2. The van der Waals surface area contributed by atoms with Crippen LogP contribution in [0.4, 0.5) is 0 Å². The zero-order valence-electron chi connectivity index (χ0n) is 16.6. The first-order chi connectivity index (χ1) is 15.1. The van der Waals surface area contributed by atoms with E-state index < -0.39 is 59.8 Å². The van der Waals surface area contributed by atoms with Crippen LogP contribution < -0.4 is 17.0 Å². The summed E-state index contributed by atoms with van der Waals surface area (Å²) in [7, 11) is -16.5. The second-order valence-electron chi connectivity index (χ2n) is 6.53. The Labute approximate surface area is 184 Å². The first kappa shape index (κ1) is 28.0. The van der Waals surface area contributed by atoms with Crippen molar-refractivity contribution in [2.75, 3.05) is 13.2 Å². The van der Waals surface area contributed by atoms with E-state index in [1.165, 1.54) is 18.3 Å². The van der Waals surface area contributed by atoms with Crippen molar-refractivity contribution in [2.24, 2.45) is 5.73 Å². The van der Waals surface area contributed by atoms with Gasteiger partial charge in [0.05, 0.1) is 24.4 Å². The van der Waals surface area contributed by atoms with Crippen LogP contribution in [0.25, 0.3) is 6.08 Å². The Hall–Kier alpha value is -1.29. The maximum Gasteiger partial charge on any atom is 0.490 e. The molecule has 1 aromatic heterocycles. The maximum absolute atomic E-state index is 12.1. The minimum atomic E-state index is -5.65. The van der Waals surface area contributed by atoms with Crippen molar-refractivity contribution in [3.05, 3.63) is 38.7 Å². The van der Waals surface area contributed by atoms with Gasteiger partial charge in [0.1, 0.15) is 6.23 Å². The van der Waals surface area contributed by atoms with Crippen LogP contribution in [0.1, 0.15) is 24.6 Å². The topological polar surface area (TPSA) is 270 Å². The Balaban J connectivity index is 2.00. The second kappa shape index (κ2) is 11.0. The molecular formula is C13H22N3O14P3. The molecule has 1 aromatic rings. The number of ether oxygens (including phenoxy) is 1. The SMILES string of the molecule is NC/C=C/c1cn([C@H]2C[C@@H](O)[C@@H](CCOP(=O)(O)OP(=O)(O)OP(=O)(O)O)O2)c(=O)[nH]c1=O. The van der Waals surface area contributed by atoms with Crippen LogP contribution in [0.5, 0.6) is 0 Å². The minimum absolute atomic E-state index is 0.0914. The van der Waals surface area contributed by atoms with E-state index in [0.29, 0.717) is 0 Å². The van der Waals surface area contributed by atoms with Gasteiger partial charge in [0.25, 0.3) is 5.56 Å². The van der Waals surface area contributed by atoms with Gasteiger partial charge in [0, 0.05) is 25.6 Å². The third kappa shape index (κ3) is 8.77. The summed E-state index contributed by atoms with van der Waals surface area (Å²) in [5.41, 5.74) is 3.97. The summed E-state index contributed by atoms with van der Waals surface area (Å²) >= 11 is 0. The molecule has 33 heavy (non-hydrogen) atoms. The van der Waals surface area contributed by atoms with Crippen molar-refractivity contribution in [3.8, 4) is 0 Å². The summed E-state index contributed by atoms with van der Waals surface area (Å²) in [4.78, 5) is 61.5. The van der Waals surface area contributed by atoms with Crippen molar-refractivity contribution in [1.82, 2.24) is 9.55 Å². The third-order valence-corrected chi connectivity index (χ3v) is 7.85. The molecule has 1 aliphatic rings. The number of nitrogens with zero attached hydrogens (tertiary/aromatic N) is 1. The van der Waals surface area contributed by atoms with E-state index in [9.17, 15) is 33.3 Å². The number of rotatable bonds is 11. The molecule has 1 saturated heterocycles. The van der Waals surface area contributed by atoms with Crippen molar-refractivity contribution in [3.63, 3.8) is 0 Å². The van der Waals surface area contributed by atoms with E-state index in [1.54, 1.807) is 0 Å². The van der Waals surface area contributed by atoms with Gasteiger partial charge < -0.3 is 35.2 Å². The van der Waals surface area contributed by atoms with Crippen molar-refractivity contribution in [1.29, 1.82) is 0 Å². The lowest BCUT2D eigenvalue weighted by Gasteiger charge is -2.18. The molecule has 0 radical (unpaired) electrons. The van der Waals surface area contributed by atoms with Gasteiger partial charge in [-0.3, -0.25) is 18.9 Å². The second-order valence-corrected chi connectivity index (χ2v) is 11.0. The van der Waals surface area contributed by atoms with E-state index >= 15 is 0 Å². The number of nitrogens with two attached hydrogens (primary N) is 1. The lowest BCUT2D eigenvalue weighted by molar-refractivity contribution is -0.0304. The first-order valence-electron chi connectivity index (χ1n) is 8.96. The van der Waals surface area contributed by atoms with Gasteiger partial charge in [-0.25, -0.2) is 18.5 Å². The fourth-order valence-electron chi connectivity index (χ4n) is 2.76. The number of H-pyrrole nitrogens is 1. The number of hydrogen-bond donors (Lipinski definition) is 7. The van der Waals surface area contributed by atoms with Gasteiger partial charge >= 0.3 is 29.2 Å². The van der Waals surface area contributed by atoms with Crippen LogP contribution in [0.2, 0.25) is 0 Å². The summed E-state index contributed by atoms with van der Waals surface area (Å²) in [6.07, 6.45) is 0.524. The highest BCUT2D eigenvalue weighted by Crippen LogP contribution is 2.66. The van der Waals surface area contributed by atoms with Crippen LogP contribution in [0.3, 0.4) is 0 Å². The van der Waals surface area contributed by atoms with Gasteiger partial charge in [-0.15, -0.1) is 0 Å². The summed E-state index contributed by atoms with van der Waals surface area (Å²) in [6, 6.07) is 0. The lowest BCUT2D eigenvalue weighted by Crippen LogP contribution is -2.33. The number of aliphatic hydroxyl groups excluding tert-OH is 1. The molecule has 2 heterocycles. The zero-order chi connectivity index (χ0) is 25.0. The average molecular weight is 537 g/mol. The Bertz CT molecular complexity index is 1130. The quantitative estimate of drug-likeness (QED) is 0.165. The van der Waals surface area contributed by atoms with Crippen LogP contribution in [0, 0.1) is 0 Å². The Morgan fingerprint density at radius 1 is 1.18 bits per heavy atom. The van der Waals surface area contributed by atoms with Crippen LogP contribution >= 0.6 is 23.5 Å². The molecule has 2 unspecified atom stereocenters. The average Bonchev–Trinajstić information content (AvgIpc) is 2.98. The highest BCUT2D eigenvalue weighted by atomic mass is 31.3. The van der Waals surface area contributed by atoms with Crippen LogP contribution in [-0.2, 0) is 31.6 Å². The fraction of sp³-hybridized carbons (Fsp3) is 0.538. The summed E-state index contributed by atoms with van der Waals surface area (Å²) in [5.74, 6) is 0. The molecule has 188 valence electrons. The minimum Gasteiger partial charge on any atom is -0.390 e. The summed E-state index contributed by atoms with van der Waals surface area (Å²) in [5, 5.41) is 10.2. The molecule has 0 saturated carbocycles. The van der Waals surface area contributed by atoms with E-state index in [4.69, 9.17) is 25.2 Å². The van der Waals surface area contributed by atoms with E-state index in [-0.39, 0.29) is 24.9 Å². The molecule has 1 fully saturated rings. The lowest BCUT2D eigenvalue weighted by atomic mass is 10.1. The summed E-state index contributed by atoms with van der Waals surface area (Å²) in [6.45, 7) is -0.530. The van der Waals surface area contributed by atoms with E-state index in [2.05, 4.69) is 18.1 Å². The standard InChI is InChI=1S/C13H22N3O14P3/c14-4-1-2-8-7-16(13(19)15-12(8)18)11-6-9(17)10(28-11)3-5-27-32(23,24)30-33(25,26)29-31(20,21)22/h1-2,7,9-11,17H,3-6,14H2,(H,23,24)(H,25,26)(H,15,18,19)(H2,20,21,22)/b2-1+/t9-,10-,11-/m1/s1. The first-order valence-corrected chi connectivity index (χ1v) is 13.5. The number of aromatic amines is 1. The Morgan fingerprint density at radius 2 is 1.85 bits per heavy atom. The monoisotopic (exact) mass is 537 g/mol. The normalized spacial score (nSPS) is 25.2. The van der Waals surface area contributed by atoms with Crippen molar-refractivity contribution >= 4 is 29.5 Å². The fourth-order valence-corrected chi connectivity index (χ4v) is 5.79. The molecule has 20 heteroatoms. The molecule has 5 atom stereocenters. The van der Waals surface area contributed by atoms with Gasteiger partial charge in [-0.1, -0.05) is 12.2 Å². The Kier molecular flexibility index (Phi) is 9.29. The molecule has 2 rings (SSSR count). The van der Waals surface area contributed by atoms with Crippen molar-refractivity contribution in [2.45, 2.75) is 31.3 Å². The number of phosphoric ester groups is 1. The highest BCUT2D eigenvalue weighted by Gasteiger charge is 2.41. The van der Waals surface area contributed by atoms with E-state index in [1.807, 2.05) is 0 Å². The van der Waals surface area contributed by atoms with Crippen LogP contribution in [-0.4, -0.2) is 59.6 Å². The molecule has 0 aromatic carbocycles. The largest absolute Gasteiger partial charge is 0.490 e. The molecule has 0 spiro atoms. The predicted octanol–water partition coefficient (Wildman–Crippen LogP) is -1.11. The van der Waals surface area contributed by atoms with Crippen LogP contribution in [0.15, 0.2) is 21.9 Å². The molecule has 8 N–H and O–H groups in total. The molecule has 0 aliphatic carbocycles. The number of aliphatic hydroxyl groups is 1. The molecular weight excluding hydrogens is 515 g/mol. The van der Waals surface area contributed by atoms with Gasteiger partial charge in [-0.2, -0.15) is 8.62 Å².